The van der Waals surface area contributed by atoms with Crippen LogP contribution in [0.4, 0.5) is 5.82 Å². The molecule has 1 saturated heterocycles. The first-order valence-corrected chi connectivity index (χ1v) is 10.3. The number of carbonyl (C=O) groups is 1. The minimum Gasteiger partial charge on any atom is -0.484 e. The van der Waals surface area contributed by atoms with E-state index in [-0.39, 0.29) is 12.5 Å². The molecule has 2 aromatic carbocycles. The van der Waals surface area contributed by atoms with Crippen molar-refractivity contribution in [2.75, 3.05) is 37.7 Å². The SMILES string of the molecule is Cc1ccccc1OCC(=O)N1CCN(c2ccc(-c3ccc(Cl)cc3)nn2)CC1. The Bertz CT molecular complexity index is 1000. The van der Waals surface area contributed by atoms with Crippen LogP contribution in [0, 0.1) is 6.92 Å². The number of carbonyl (C=O) groups excluding carboxylic acids is 1. The van der Waals surface area contributed by atoms with Crippen molar-refractivity contribution in [1.82, 2.24) is 15.1 Å². The third kappa shape index (κ3) is 4.71. The smallest absolute Gasteiger partial charge is 0.260 e. The highest BCUT2D eigenvalue weighted by Gasteiger charge is 2.22. The second-order valence-corrected chi connectivity index (χ2v) is 7.64. The van der Waals surface area contributed by atoms with Gasteiger partial charge in [-0.2, -0.15) is 0 Å². The Morgan fingerprint density at radius 2 is 1.70 bits per heavy atom. The summed E-state index contributed by atoms with van der Waals surface area (Å²) in [7, 11) is 0. The average molecular weight is 423 g/mol. The van der Waals surface area contributed by atoms with Crippen molar-refractivity contribution >= 4 is 23.3 Å². The highest BCUT2D eigenvalue weighted by molar-refractivity contribution is 6.30. The highest BCUT2D eigenvalue weighted by atomic mass is 35.5. The Hall–Kier alpha value is -3.12. The summed E-state index contributed by atoms with van der Waals surface area (Å²) in [6.07, 6.45) is 0. The molecule has 4 rings (SSSR count). The van der Waals surface area contributed by atoms with Crippen LogP contribution in [0.25, 0.3) is 11.3 Å². The maximum absolute atomic E-state index is 12.5. The standard InChI is InChI=1S/C23H23ClN4O2/c1-17-4-2-3-5-21(17)30-16-23(29)28-14-12-27(13-15-28)22-11-10-20(25-26-22)18-6-8-19(24)9-7-18/h2-11H,12-16H2,1H3. The second-order valence-electron chi connectivity index (χ2n) is 7.21. The zero-order valence-electron chi connectivity index (χ0n) is 16.8. The van der Waals surface area contributed by atoms with Crippen molar-refractivity contribution in [3.63, 3.8) is 0 Å². The molecule has 30 heavy (non-hydrogen) atoms. The lowest BCUT2D eigenvalue weighted by molar-refractivity contribution is -0.133. The summed E-state index contributed by atoms with van der Waals surface area (Å²) in [5.74, 6) is 1.57. The van der Waals surface area contributed by atoms with Crippen LogP contribution in [0.2, 0.25) is 5.02 Å². The molecule has 1 aliphatic heterocycles. The maximum Gasteiger partial charge on any atom is 0.260 e. The number of para-hydroxylation sites is 1. The minimum atomic E-state index is 0.00192. The Morgan fingerprint density at radius 1 is 0.967 bits per heavy atom. The molecular weight excluding hydrogens is 400 g/mol. The number of aryl methyl sites for hydroxylation is 1. The van der Waals surface area contributed by atoms with Gasteiger partial charge in [0.25, 0.3) is 5.91 Å². The lowest BCUT2D eigenvalue weighted by atomic mass is 10.1. The number of amides is 1. The lowest BCUT2D eigenvalue weighted by Crippen LogP contribution is -2.50. The number of anilines is 1. The van der Waals surface area contributed by atoms with Crippen LogP contribution in [0.3, 0.4) is 0 Å². The molecule has 3 aromatic rings. The number of rotatable bonds is 5. The van der Waals surface area contributed by atoms with Gasteiger partial charge < -0.3 is 14.5 Å². The van der Waals surface area contributed by atoms with E-state index in [1.165, 1.54) is 0 Å². The Morgan fingerprint density at radius 3 is 2.37 bits per heavy atom. The zero-order valence-corrected chi connectivity index (χ0v) is 17.5. The number of hydrogen-bond donors (Lipinski definition) is 0. The number of hydrogen-bond acceptors (Lipinski definition) is 5. The van der Waals surface area contributed by atoms with E-state index in [0.29, 0.717) is 31.2 Å². The van der Waals surface area contributed by atoms with Crippen LogP contribution in [0.15, 0.2) is 60.7 Å². The lowest BCUT2D eigenvalue weighted by Gasteiger charge is -2.35. The maximum atomic E-state index is 12.5. The summed E-state index contributed by atoms with van der Waals surface area (Å²) in [6.45, 7) is 4.72. The van der Waals surface area contributed by atoms with E-state index < -0.39 is 0 Å². The van der Waals surface area contributed by atoms with Gasteiger partial charge in [0, 0.05) is 36.8 Å². The molecule has 0 N–H and O–H groups in total. The summed E-state index contributed by atoms with van der Waals surface area (Å²) >= 11 is 5.94. The van der Waals surface area contributed by atoms with Crippen LogP contribution in [-0.2, 0) is 4.79 Å². The van der Waals surface area contributed by atoms with Crippen molar-refractivity contribution in [3.05, 3.63) is 71.2 Å². The first kappa shape index (κ1) is 20.2. The molecule has 0 atom stereocenters. The van der Waals surface area contributed by atoms with Crippen molar-refractivity contribution < 1.29 is 9.53 Å². The van der Waals surface area contributed by atoms with Crippen LogP contribution < -0.4 is 9.64 Å². The number of piperazine rings is 1. The van der Waals surface area contributed by atoms with Crippen LogP contribution in [-0.4, -0.2) is 53.8 Å². The predicted molar refractivity (Wildman–Crippen MR) is 118 cm³/mol. The van der Waals surface area contributed by atoms with E-state index in [1.807, 2.05) is 72.5 Å². The number of ether oxygens (including phenoxy) is 1. The van der Waals surface area contributed by atoms with E-state index >= 15 is 0 Å². The van der Waals surface area contributed by atoms with E-state index in [0.717, 1.165) is 28.4 Å². The Balaban J connectivity index is 1.30. The molecule has 1 fully saturated rings. The third-order valence-corrected chi connectivity index (χ3v) is 5.44. The van der Waals surface area contributed by atoms with Crippen LogP contribution >= 0.6 is 11.6 Å². The fourth-order valence-corrected chi connectivity index (χ4v) is 3.53. The topological polar surface area (TPSA) is 58.6 Å². The fourth-order valence-electron chi connectivity index (χ4n) is 3.40. The molecule has 2 heterocycles. The summed E-state index contributed by atoms with van der Waals surface area (Å²) in [5.41, 5.74) is 2.80. The summed E-state index contributed by atoms with van der Waals surface area (Å²) in [4.78, 5) is 16.5. The van der Waals surface area contributed by atoms with Gasteiger partial charge in [-0.1, -0.05) is 41.9 Å². The van der Waals surface area contributed by atoms with Crippen molar-refractivity contribution in [1.29, 1.82) is 0 Å². The van der Waals surface area contributed by atoms with Crippen molar-refractivity contribution in [3.8, 4) is 17.0 Å². The molecular formula is C23H23ClN4O2. The third-order valence-electron chi connectivity index (χ3n) is 5.19. The average Bonchev–Trinajstić information content (AvgIpc) is 2.79. The molecule has 1 aromatic heterocycles. The molecule has 154 valence electrons. The Labute approximate surface area is 181 Å². The molecule has 7 heteroatoms. The molecule has 1 amide bonds. The minimum absolute atomic E-state index is 0.00192. The summed E-state index contributed by atoms with van der Waals surface area (Å²) in [5, 5.41) is 9.41. The summed E-state index contributed by atoms with van der Waals surface area (Å²) in [6, 6.07) is 19.2. The summed E-state index contributed by atoms with van der Waals surface area (Å²) < 4.78 is 5.69. The molecule has 0 unspecified atom stereocenters. The van der Waals surface area contributed by atoms with E-state index in [1.54, 1.807) is 0 Å². The van der Waals surface area contributed by atoms with Gasteiger partial charge in [-0.05, 0) is 42.8 Å². The number of benzene rings is 2. The van der Waals surface area contributed by atoms with Crippen LogP contribution in [0.5, 0.6) is 5.75 Å². The second kappa shape index (κ2) is 9.13. The van der Waals surface area contributed by atoms with Crippen LogP contribution in [0.1, 0.15) is 5.56 Å². The van der Waals surface area contributed by atoms with E-state index in [9.17, 15) is 4.79 Å². The number of halogens is 1. The zero-order chi connectivity index (χ0) is 20.9. The largest absolute Gasteiger partial charge is 0.484 e. The molecule has 6 nitrogen and oxygen atoms in total. The highest BCUT2D eigenvalue weighted by Crippen LogP contribution is 2.21. The Kier molecular flexibility index (Phi) is 6.14. The van der Waals surface area contributed by atoms with E-state index in [4.69, 9.17) is 16.3 Å². The molecule has 0 spiro atoms. The molecule has 0 saturated carbocycles. The van der Waals surface area contributed by atoms with Gasteiger partial charge in [0.15, 0.2) is 12.4 Å². The molecule has 0 radical (unpaired) electrons. The molecule has 0 bridgehead atoms. The van der Waals surface area contributed by atoms with Gasteiger partial charge >= 0.3 is 0 Å². The van der Waals surface area contributed by atoms with Gasteiger partial charge in [0.1, 0.15) is 5.75 Å². The van der Waals surface area contributed by atoms with Gasteiger partial charge in [-0.15, -0.1) is 10.2 Å². The van der Waals surface area contributed by atoms with Crippen molar-refractivity contribution in [2.45, 2.75) is 6.92 Å². The quantitative estimate of drug-likeness (QED) is 0.625. The van der Waals surface area contributed by atoms with Gasteiger partial charge in [-0.25, -0.2) is 0 Å². The monoisotopic (exact) mass is 422 g/mol. The molecule has 0 aliphatic carbocycles. The predicted octanol–water partition coefficient (Wildman–Crippen LogP) is 3.83. The van der Waals surface area contributed by atoms with E-state index in [2.05, 4.69) is 15.1 Å². The number of nitrogens with zero attached hydrogens (tertiary/aromatic N) is 4. The van der Waals surface area contributed by atoms with Gasteiger partial charge in [0.05, 0.1) is 5.69 Å². The molecule has 1 aliphatic rings. The first-order chi connectivity index (χ1) is 14.6. The van der Waals surface area contributed by atoms with Gasteiger partial charge in [-0.3, -0.25) is 4.79 Å². The first-order valence-electron chi connectivity index (χ1n) is 9.91. The van der Waals surface area contributed by atoms with Crippen molar-refractivity contribution in [2.24, 2.45) is 0 Å². The van der Waals surface area contributed by atoms with Gasteiger partial charge in [0.2, 0.25) is 0 Å². The fraction of sp³-hybridized carbons (Fsp3) is 0.261. The normalized spacial score (nSPS) is 13.9. The number of aromatic nitrogens is 2.